The molecule has 0 bridgehead atoms. The van der Waals surface area contributed by atoms with E-state index in [2.05, 4.69) is 10.6 Å². The number of aromatic nitrogens is 2. The summed E-state index contributed by atoms with van der Waals surface area (Å²) in [6.45, 7) is 3.86. The number of nitrogens with zero attached hydrogens (tertiary/aromatic N) is 3. The second-order valence-corrected chi connectivity index (χ2v) is 5.47. The summed E-state index contributed by atoms with van der Waals surface area (Å²) in [5.74, 6) is 1.11. The number of fused-ring (bicyclic) bond motifs is 1. The van der Waals surface area contributed by atoms with Gasteiger partial charge in [0.25, 0.3) is 0 Å². The zero-order valence-electron chi connectivity index (χ0n) is 12.6. The number of methoxy groups -OCH3 is 1. The van der Waals surface area contributed by atoms with E-state index in [9.17, 15) is 4.79 Å². The first-order valence-corrected chi connectivity index (χ1v) is 7.43. The number of ether oxygens (including phenoxy) is 1. The molecule has 3 rings (SSSR count). The van der Waals surface area contributed by atoms with E-state index in [0.29, 0.717) is 6.61 Å². The second-order valence-electron chi connectivity index (χ2n) is 5.47. The average molecular weight is 287 g/mol. The van der Waals surface area contributed by atoms with Gasteiger partial charge in [0.05, 0.1) is 23.7 Å². The predicted molar refractivity (Wildman–Crippen MR) is 81.0 cm³/mol. The van der Waals surface area contributed by atoms with E-state index in [-0.39, 0.29) is 11.9 Å². The molecule has 21 heavy (non-hydrogen) atoms. The fourth-order valence-electron chi connectivity index (χ4n) is 3.18. The Balaban J connectivity index is 2.06. The fraction of sp³-hybridized carbons (Fsp3) is 0.500. The van der Waals surface area contributed by atoms with Gasteiger partial charge in [0.15, 0.2) is 0 Å². The Morgan fingerprint density at radius 3 is 3.00 bits per heavy atom. The molecule has 0 spiro atoms. The molecule has 112 valence electrons. The van der Waals surface area contributed by atoms with Crippen molar-refractivity contribution in [3.63, 3.8) is 0 Å². The number of amides is 1. The minimum atomic E-state index is 0.0896. The lowest BCUT2D eigenvalue weighted by Crippen LogP contribution is -2.30. The lowest BCUT2D eigenvalue weighted by molar-refractivity contribution is -0.129. The van der Waals surface area contributed by atoms with Crippen molar-refractivity contribution in [2.75, 3.05) is 20.3 Å². The molecule has 0 saturated carbocycles. The third-order valence-electron chi connectivity index (χ3n) is 4.16. The Bertz CT molecular complexity index is 650. The van der Waals surface area contributed by atoms with Crippen LogP contribution in [0.2, 0.25) is 0 Å². The molecule has 0 aliphatic carbocycles. The van der Waals surface area contributed by atoms with Gasteiger partial charge in [0.1, 0.15) is 5.82 Å². The van der Waals surface area contributed by atoms with E-state index in [0.717, 1.165) is 42.8 Å². The lowest BCUT2D eigenvalue weighted by Gasteiger charge is -2.23. The summed E-state index contributed by atoms with van der Waals surface area (Å²) in [6.07, 6.45) is 2.02. The topological polar surface area (TPSA) is 47.4 Å². The summed E-state index contributed by atoms with van der Waals surface area (Å²) in [7, 11) is 1.70. The molecule has 5 heteroatoms. The minimum absolute atomic E-state index is 0.0896. The molecule has 2 aromatic rings. The third kappa shape index (κ3) is 2.53. The average Bonchev–Trinajstić information content (AvgIpc) is 3.09. The van der Waals surface area contributed by atoms with Crippen molar-refractivity contribution in [1.29, 1.82) is 0 Å². The van der Waals surface area contributed by atoms with Crippen molar-refractivity contribution < 1.29 is 9.53 Å². The highest BCUT2D eigenvalue weighted by Crippen LogP contribution is 2.33. The Morgan fingerprint density at radius 2 is 2.24 bits per heavy atom. The highest BCUT2D eigenvalue weighted by atomic mass is 16.5. The maximum Gasteiger partial charge on any atom is 0.220 e. The lowest BCUT2D eigenvalue weighted by atomic mass is 10.2. The second kappa shape index (κ2) is 5.85. The summed E-state index contributed by atoms with van der Waals surface area (Å²) >= 11 is 0. The van der Waals surface area contributed by atoms with Crippen LogP contribution in [0.3, 0.4) is 0 Å². The van der Waals surface area contributed by atoms with Crippen LogP contribution in [0.25, 0.3) is 11.0 Å². The van der Waals surface area contributed by atoms with E-state index in [4.69, 9.17) is 9.72 Å². The van der Waals surface area contributed by atoms with Crippen molar-refractivity contribution in [1.82, 2.24) is 14.5 Å². The molecule has 1 fully saturated rings. The van der Waals surface area contributed by atoms with Crippen LogP contribution < -0.4 is 0 Å². The fourth-order valence-corrected chi connectivity index (χ4v) is 3.18. The summed E-state index contributed by atoms with van der Waals surface area (Å²) in [5, 5.41) is 0. The number of benzene rings is 1. The van der Waals surface area contributed by atoms with Crippen LogP contribution in [0.15, 0.2) is 24.3 Å². The van der Waals surface area contributed by atoms with Crippen LogP contribution in [0, 0.1) is 0 Å². The quantitative estimate of drug-likeness (QED) is 0.867. The molecule has 1 aromatic heterocycles. The van der Waals surface area contributed by atoms with Gasteiger partial charge in [-0.1, -0.05) is 12.1 Å². The van der Waals surface area contributed by atoms with Gasteiger partial charge in [-0.05, 0) is 25.0 Å². The Labute approximate surface area is 124 Å². The number of likely N-dealkylation sites (tertiary alicyclic amines) is 1. The van der Waals surface area contributed by atoms with Gasteiger partial charge < -0.3 is 14.2 Å². The molecule has 5 nitrogen and oxygen atoms in total. The van der Waals surface area contributed by atoms with Crippen LogP contribution in [-0.2, 0) is 16.1 Å². The van der Waals surface area contributed by atoms with Crippen LogP contribution >= 0.6 is 0 Å². The van der Waals surface area contributed by atoms with E-state index in [1.807, 2.05) is 23.1 Å². The number of hydrogen-bond donors (Lipinski definition) is 0. The summed E-state index contributed by atoms with van der Waals surface area (Å²) in [4.78, 5) is 18.6. The Kier molecular flexibility index (Phi) is 3.92. The van der Waals surface area contributed by atoms with Crippen LogP contribution in [0.4, 0.5) is 0 Å². The van der Waals surface area contributed by atoms with Gasteiger partial charge in [-0.3, -0.25) is 4.79 Å². The SMILES string of the molecule is COCCn1c([C@@H]2CCCN2C(C)=O)nc2ccccc21. The third-order valence-corrected chi connectivity index (χ3v) is 4.16. The summed E-state index contributed by atoms with van der Waals surface area (Å²) in [5.41, 5.74) is 2.10. The first kappa shape index (κ1) is 14.1. The predicted octanol–water partition coefficient (Wildman–Crippen LogP) is 2.37. The van der Waals surface area contributed by atoms with Gasteiger partial charge in [0, 0.05) is 27.1 Å². The van der Waals surface area contributed by atoms with Crippen LogP contribution in [0.5, 0.6) is 0 Å². The van der Waals surface area contributed by atoms with Crippen LogP contribution in [0.1, 0.15) is 31.6 Å². The van der Waals surface area contributed by atoms with Gasteiger partial charge in [-0.25, -0.2) is 4.98 Å². The molecule has 1 aliphatic rings. The van der Waals surface area contributed by atoms with Crippen molar-refractivity contribution >= 4 is 16.9 Å². The van der Waals surface area contributed by atoms with Crippen molar-refractivity contribution in [3.8, 4) is 0 Å². The molecule has 0 N–H and O–H groups in total. The van der Waals surface area contributed by atoms with Crippen molar-refractivity contribution in [2.24, 2.45) is 0 Å². The summed E-state index contributed by atoms with van der Waals surface area (Å²) < 4.78 is 7.43. The maximum absolute atomic E-state index is 11.8. The minimum Gasteiger partial charge on any atom is -0.383 e. The molecule has 0 unspecified atom stereocenters. The standard InChI is InChI=1S/C16H21N3O2/c1-12(20)18-9-5-8-15(18)16-17-13-6-3-4-7-14(13)19(16)10-11-21-2/h3-4,6-7,15H,5,8-11H2,1-2H3/t15-/m0/s1. The number of rotatable bonds is 4. The molecule has 1 atom stereocenters. The van der Waals surface area contributed by atoms with Gasteiger partial charge in [-0.2, -0.15) is 0 Å². The number of carbonyl (C=O) groups excluding carboxylic acids is 1. The van der Waals surface area contributed by atoms with E-state index in [1.54, 1.807) is 14.0 Å². The number of carbonyl (C=O) groups is 1. The molecule has 1 amide bonds. The van der Waals surface area contributed by atoms with Gasteiger partial charge >= 0.3 is 0 Å². The first-order valence-electron chi connectivity index (χ1n) is 7.43. The van der Waals surface area contributed by atoms with Gasteiger partial charge in [-0.15, -0.1) is 0 Å². The van der Waals surface area contributed by atoms with Crippen molar-refractivity contribution in [2.45, 2.75) is 32.4 Å². The van der Waals surface area contributed by atoms with E-state index in [1.165, 1.54) is 0 Å². The summed E-state index contributed by atoms with van der Waals surface area (Å²) in [6, 6.07) is 8.21. The molecule has 0 radical (unpaired) electrons. The number of hydrogen-bond acceptors (Lipinski definition) is 3. The largest absolute Gasteiger partial charge is 0.383 e. The normalized spacial score (nSPS) is 18.6. The molecular weight excluding hydrogens is 266 g/mol. The number of imidazole rings is 1. The number of para-hydroxylation sites is 2. The molecule has 1 aromatic carbocycles. The molecular formula is C16H21N3O2. The van der Waals surface area contributed by atoms with E-state index >= 15 is 0 Å². The first-order chi connectivity index (χ1) is 10.2. The zero-order valence-corrected chi connectivity index (χ0v) is 12.6. The van der Waals surface area contributed by atoms with Crippen molar-refractivity contribution in [3.05, 3.63) is 30.1 Å². The molecule has 1 saturated heterocycles. The maximum atomic E-state index is 11.8. The highest BCUT2D eigenvalue weighted by Gasteiger charge is 2.31. The Hall–Kier alpha value is -1.88. The van der Waals surface area contributed by atoms with Gasteiger partial charge in [0.2, 0.25) is 5.91 Å². The molecule has 1 aliphatic heterocycles. The highest BCUT2D eigenvalue weighted by molar-refractivity contribution is 5.77. The van der Waals surface area contributed by atoms with E-state index < -0.39 is 0 Å². The smallest absolute Gasteiger partial charge is 0.220 e. The zero-order chi connectivity index (χ0) is 14.8. The molecule has 2 heterocycles. The monoisotopic (exact) mass is 287 g/mol. The van der Waals surface area contributed by atoms with Crippen LogP contribution in [-0.4, -0.2) is 40.6 Å². The Morgan fingerprint density at radius 1 is 1.43 bits per heavy atom.